The molecule has 0 aromatic heterocycles. The van der Waals surface area contributed by atoms with E-state index >= 15 is 0 Å². The van der Waals surface area contributed by atoms with Gasteiger partial charge >= 0.3 is 0 Å². The van der Waals surface area contributed by atoms with Crippen molar-refractivity contribution in [3.05, 3.63) is 34.9 Å². The second-order valence-corrected chi connectivity index (χ2v) is 6.05. The van der Waals surface area contributed by atoms with Crippen molar-refractivity contribution >= 4 is 0 Å². The standard InChI is InChI=1S/C17H28/c1-6-8-12-15-14(10-7-2)11-9-13-16(15)17(3,4)5/h9,11,13H,6-8,10,12H2,1-5H3. The molecule has 0 fully saturated rings. The van der Waals surface area contributed by atoms with Crippen molar-refractivity contribution in [3.8, 4) is 0 Å². The first-order chi connectivity index (χ1) is 8.00. The molecule has 1 rings (SSSR count). The maximum Gasteiger partial charge on any atom is -0.0129 e. The van der Waals surface area contributed by atoms with Crippen LogP contribution in [-0.2, 0) is 18.3 Å². The van der Waals surface area contributed by atoms with Gasteiger partial charge in [0, 0.05) is 0 Å². The van der Waals surface area contributed by atoms with Crippen molar-refractivity contribution in [2.75, 3.05) is 0 Å². The highest BCUT2D eigenvalue weighted by Crippen LogP contribution is 2.29. The van der Waals surface area contributed by atoms with Gasteiger partial charge in [-0.3, -0.25) is 0 Å². The highest BCUT2D eigenvalue weighted by Gasteiger charge is 2.19. The molecule has 1 aromatic carbocycles. The summed E-state index contributed by atoms with van der Waals surface area (Å²) in [6.07, 6.45) is 6.31. The van der Waals surface area contributed by atoms with Gasteiger partial charge < -0.3 is 0 Å². The number of hydrogen-bond donors (Lipinski definition) is 0. The lowest BCUT2D eigenvalue weighted by molar-refractivity contribution is 0.577. The predicted molar refractivity (Wildman–Crippen MR) is 77.7 cm³/mol. The zero-order chi connectivity index (χ0) is 12.9. The van der Waals surface area contributed by atoms with Crippen molar-refractivity contribution in [1.82, 2.24) is 0 Å². The molecule has 0 heteroatoms. The smallest absolute Gasteiger partial charge is 0.0129 e. The zero-order valence-electron chi connectivity index (χ0n) is 12.3. The monoisotopic (exact) mass is 232 g/mol. The van der Waals surface area contributed by atoms with Gasteiger partial charge in [0.05, 0.1) is 0 Å². The number of benzene rings is 1. The molecule has 17 heavy (non-hydrogen) atoms. The van der Waals surface area contributed by atoms with Gasteiger partial charge in [-0.2, -0.15) is 0 Å². The fraction of sp³-hybridized carbons (Fsp3) is 0.647. The van der Waals surface area contributed by atoms with Gasteiger partial charge in [0.1, 0.15) is 0 Å². The van der Waals surface area contributed by atoms with E-state index in [1.165, 1.54) is 32.1 Å². The minimum Gasteiger partial charge on any atom is -0.0654 e. The Kier molecular flexibility index (Phi) is 5.24. The highest BCUT2D eigenvalue weighted by atomic mass is 14.2. The lowest BCUT2D eigenvalue weighted by Gasteiger charge is -2.25. The summed E-state index contributed by atoms with van der Waals surface area (Å²) in [6.45, 7) is 11.5. The lowest BCUT2D eigenvalue weighted by atomic mass is 9.80. The molecular weight excluding hydrogens is 204 g/mol. The summed E-state index contributed by atoms with van der Waals surface area (Å²) < 4.78 is 0. The van der Waals surface area contributed by atoms with Crippen LogP contribution in [0.2, 0.25) is 0 Å². The first-order valence-electron chi connectivity index (χ1n) is 7.12. The molecule has 1 aromatic rings. The van der Waals surface area contributed by atoms with Crippen LogP contribution >= 0.6 is 0 Å². The Hall–Kier alpha value is -0.780. The van der Waals surface area contributed by atoms with Gasteiger partial charge in [0.2, 0.25) is 0 Å². The second kappa shape index (κ2) is 6.23. The average molecular weight is 232 g/mol. The number of unbranched alkanes of at least 4 members (excludes halogenated alkanes) is 1. The third-order valence-corrected chi connectivity index (χ3v) is 3.38. The normalized spacial score (nSPS) is 11.8. The van der Waals surface area contributed by atoms with E-state index in [1.807, 2.05) is 0 Å². The third-order valence-electron chi connectivity index (χ3n) is 3.38. The number of aryl methyl sites for hydroxylation is 1. The molecule has 0 amide bonds. The average Bonchev–Trinajstić information content (AvgIpc) is 2.26. The first-order valence-corrected chi connectivity index (χ1v) is 7.12. The summed E-state index contributed by atoms with van der Waals surface area (Å²) in [4.78, 5) is 0. The molecular formula is C17H28. The van der Waals surface area contributed by atoms with Gasteiger partial charge in [0.25, 0.3) is 0 Å². The summed E-state index contributed by atoms with van der Waals surface area (Å²) in [5.41, 5.74) is 5.03. The molecule has 0 saturated carbocycles. The van der Waals surface area contributed by atoms with Crippen LogP contribution in [0.4, 0.5) is 0 Å². The molecule has 0 nitrogen and oxygen atoms in total. The minimum atomic E-state index is 0.271. The van der Waals surface area contributed by atoms with Crippen LogP contribution in [0.1, 0.15) is 70.6 Å². The third kappa shape index (κ3) is 3.87. The van der Waals surface area contributed by atoms with E-state index in [1.54, 1.807) is 16.7 Å². The van der Waals surface area contributed by atoms with Crippen molar-refractivity contribution < 1.29 is 0 Å². The fourth-order valence-corrected chi connectivity index (χ4v) is 2.49. The van der Waals surface area contributed by atoms with Crippen molar-refractivity contribution in [2.45, 2.75) is 72.1 Å². The molecule has 0 spiro atoms. The summed E-state index contributed by atoms with van der Waals surface area (Å²) in [7, 11) is 0. The summed E-state index contributed by atoms with van der Waals surface area (Å²) in [5, 5.41) is 0. The molecule has 0 unspecified atom stereocenters. The van der Waals surface area contributed by atoms with Gasteiger partial charge in [-0.05, 0) is 41.4 Å². The van der Waals surface area contributed by atoms with Crippen LogP contribution < -0.4 is 0 Å². The molecule has 0 aliphatic rings. The van der Waals surface area contributed by atoms with Crippen LogP contribution in [-0.4, -0.2) is 0 Å². The highest BCUT2D eigenvalue weighted by molar-refractivity contribution is 5.39. The van der Waals surface area contributed by atoms with E-state index in [0.717, 1.165) is 0 Å². The Morgan fingerprint density at radius 2 is 1.65 bits per heavy atom. The van der Waals surface area contributed by atoms with Gasteiger partial charge in [0.15, 0.2) is 0 Å². The summed E-state index contributed by atoms with van der Waals surface area (Å²) >= 11 is 0. The number of rotatable bonds is 5. The lowest BCUT2D eigenvalue weighted by Crippen LogP contribution is -2.15. The predicted octanol–water partition coefficient (Wildman–Crippen LogP) is 5.28. The SMILES string of the molecule is CCCCc1c(CCC)cccc1C(C)(C)C. The van der Waals surface area contributed by atoms with E-state index in [2.05, 4.69) is 52.8 Å². The second-order valence-electron chi connectivity index (χ2n) is 6.05. The van der Waals surface area contributed by atoms with E-state index < -0.39 is 0 Å². The fourth-order valence-electron chi connectivity index (χ4n) is 2.49. The van der Waals surface area contributed by atoms with E-state index in [0.29, 0.717) is 0 Å². The molecule has 0 atom stereocenters. The quantitative estimate of drug-likeness (QED) is 0.648. The Balaban J connectivity index is 3.14. The molecule has 0 bridgehead atoms. The Labute approximate surface area is 107 Å². The van der Waals surface area contributed by atoms with Crippen molar-refractivity contribution in [3.63, 3.8) is 0 Å². The van der Waals surface area contributed by atoms with Crippen molar-refractivity contribution in [2.24, 2.45) is 0 Å². The van der Waals surface area contributed by atoms with Gasteiger partial charge in [-0.15, -0.1) is 0 Å². The molecule has 96 valence electrons. The Morgan fingerprint density at radius 1 is 0.941 bits per heavy atom. The molecule has 0 aliphatic carbocycles. The molecule has 0 heterocycles. The molecule has 0 aliphatic heterocycles. The maximum absolute atomic E-state index is 2.33. The van der Waals surface area contributed by atoms with E-state index in [4.69, 9.17) is 0 Å². The van der Waals surface area contributed by atoms with Crippen LogP contribution in [0.3, 0.4) is 0 Å². The first kappa shape index (κ1) is 14.3. The van der Waals surface area contributed by atoms with E-state index in [9.17, 15) is 0 Å². The summed E-state index contributed by atoms with van der Waals surface area (Å²) in [5.74, 6) is 0. The van der Waals surface area contributed by atoms with Crippen LogP contribution in [0.5, 0.6) is 0 Å². The van der Waals surface area contributed by atoms with E-state index in [-0.39, 0.29) is 5.41 Å². The van der Waals surface area contributed by atoms with Crippen LogP contribution in [0.25, 0.3) is 0 Å². The number of hydrogen-bond acceptors (Lipinski definition) is 0. The molecule has 0 radical (unpaired) electrons. The molecule has 0 saturated heterocycles. The zero-order valence-corrected chi connectivity index (χ0v) is 12.3. The summed E-state index contributed by atoms with van der Waals surface area (Å²) in [6, 6.07) is 6.88. The van der Waals surface area contributed by atoms with Crippen molar-refractivity contribution in [1.29, 1.82) is 0 Å². The maximum atomic E-state index is 2.33. The molecule has 0 N–H and O–H groups in total. The largest absolute Gasteiger partial charge is 0.0654 e. The van der Waals surface area contributed by atoms with Crippen LogP contribution in [0, 0.1) is 0 Å². The minimum absolute atomic E-state index is 0.271. The Bertz CT molecular complexity index is 342. The topological polar surface area (TPSA) is 0 Å². The van der Waals surface area contributed by atoms with Gasteiger partial charge in [-0.1, -0.05) is 65.7 Å². The Morgan fingerprint density at radius 3 is 2.18 bits per heavy atom. The van der Waals surface area contributed by atoms with Crippen LogP contribution in [0.15, 0.2) is 18.2 Å². The van der Waals surface area contributed by atoms with Gasteiger partial charge in [-0.25, -0.2) is 0 Å².